The summed E-state index contributed by atoms with van der Waals surface area (Å²) in [6.07, 6.45) is 0. The van der Waals surface area contributed by atoms with E-state index < -0.39 is 27.2 Å². The van der Waals surface area contributed by atoms with Crippen LogP contribution in [-0.2, 0) is 45.3 Å². The van der Waals surface area contributed by atoms with Crippen molar-refractivity contribution in [2.45, 2.75) is 13.8 Å². The molecule has 2 aromatic heterocycles. The van der Waals surface area contributed by atoms with Crippen molar-refractivity contribution in [3.63, 3.8) is 0 Å². The van der Waals surface area contributed by atoms with Crippen LogP contribution in [0, 0.1) is 13.8 Å². The molecule has 2 aromatic carbocycles. The maximum atomic E-state index is 9.38. The molecule has 0 saturated carbocycles. The van der Waals surface area contributed by atoms with Gasteiger partial charge in [-0.2, -0.15) is 0 Å². The Kier molecular flexibility index (Phi) is 7.35. The number of hydrogen-bond donors (Lipinski definition) is 2. The summed E-state index contributed by atoms with van der Waals surface area (Å²) in [5.74, 6) is 2.20. The van der Waals surface area contributed by atoms with Crippen LogP contribution in [0.25, 0.3) is 22.1 Å². The summed E-state index contributed by atoms with van der Waals surface area (Å²) in [4.78, 5) is 12.8. The van der Waals surface area contributed by atoms with Gasteiger partial charge in [0, 0.05) is 13.8 Å². The van der Waals surface area contributed by atoms with Gasteiger partial charge in [-0.3, -0.25) is 0 Å². The number of benzene rings is 2. The number of aryl methyl sites for hydroxylation is 2. The number of fused-ring (bicyclic) bond motifs is 2. The van der Waals surface area contributed by atoms with Crippen LogP contribution in [0.4, 0.5) is 0 Å². The average molecular weight is 482 g/mol. The van der Waals surface area contributed by atoms with E-state index in [1.165, 1.54) is 22.1 Å². The van der Waals surface area contributed by atoms with Crippen LogP contribution in [0.5, 0.6) is 0 Å². The molecule has 0 spiro atoms. The van der Waals surface area contributed by atoms with Gasteiger partial charge in [-0.05, 0) is 24.3 Å². The van der Waals surface area contributed by atoms with E-state index in [1.54, 1.807) is 0 Å². The monoisotopic (exact) mass is 482 g/mol. The van der Waals surface area contributed by atoms with Crippen LogP contribution in [0.15, 0.2) is 48.5 Å². The molecular weight excluding hydrogens is 464 g/mol. The van der Waals surface area contributed by atoms with Gasteiger partial charge in [-0.25, -0.2) is 19.9 Å². The number of rotatable bonds is 2. The topological polar surface area (TPSA) is 183 Å². The molecule has 0 unspecified atom stereocenters. The summed E-state index contributed by atoms with van der Waals surface area (Å²) < 4.78 is 58.9. The standard InChI is InChI=1S/2C8H8N2.2Cr.7O/c2*1-6-9-7-4-2-3-5-8(7)10-6;;;;;;;;;/h2*2-5H,1H3,(H,9,10);;;;;;;;;/q;;;;;;;;;2*-1/p+2. The quantitative estimate of drug-likeness (QED) is 0.391. The van der Waals surface area contributed by atoms with Gasteiger partial charge >= 0.3 is 53.6 Å². The van der Waals surface area contributed by atoms with E-state index in [-0.39, 0.29) is 0 Å². The average Bonchev–Trinajstić information content (AvgIpc) is 3.12. The predicted octanol–water partition coefficient (Wildman–Crippen LogP) is -0.346. The molecule has 0 radical (unpaired) electrons. The van der Waals surface area contributed by atoms with Crippen molar-refractivity contribution in [2.75, 3.05) is 0 Å². The second-order valence-corrected chi connectivity index (χ2v) is 9.36. The number of aromatic nitrogens is 4. The molecule has 156 valence electrons. The molecule has 2 heterocycles. The number of aromatic amines is 4. The predicted molar refractivity (Wildman–Crippen MR) is 83.0 cm³/mol. The van der Waals surface area contributed by atoms with Crippen LogP contribution < -0.4 is 18.3 Å². The fraction of sp³-hybridized carbons (Fsp3) is 0.125. The Morgan fingerprint density at radius 3 is 1.34 bits per heavy atom. The molecule has 0 bridgehead atoms. The Morgan fingerprint density at radius 1 is 0.724 bits per heavy atom. The summed E-state index contributed by atoms with van der Waals surface area (Å²) in [5.41, 5.74) is 4.67. The van der Waals surface area contributed by atoms with Gasteiger partial charge in [-0.1, -0.05) is 24.3 Å². The minimum atomic E-state index is -6.07. The van der Waals surface area contributed by atoms with Crippen molar-refractivity contribution in [3.05, 3.63) is 60.2 Å². The van der Waals surface area contributed by atoms with Crippen molar-refractivity contribution in [3.8, 4) is 0 Å². The van der Waals surface area contributed by atoms with Gasteiger partial charge in [0.1, 0.15) is 0 Å². The number of para-hydroxylation sites is 4. The van der Waals surface area contributed by atoms with Crippen LogP contribution >= 0.6 is 0 Å². The fourth-order valence-corrected chi connectivity index (χ4v) is 4.01. The minimum absolute atomic E-state index is 1.10. The molecule has 29 heavy (non-hydrogen) atoms. The molecule has 0 aliphatic carbocycles. The third-order valence-corrected chi connectivity index (χ3v) is 5.98. The van der Waals surface area contributed by atoms with E-state index >= 15 is 0 Å². The molecule has 11 nitrogen and oxygen atoms in total. The first-order valence-corrected chi connectivity index (χ1v) is 12.2. The molecule has 4 N–H and O–H groups in total. The summed E-state index contributed by atoms with van der Waals surface area (Å²) in [6.45, 7) is 4.03. The Hall–Kier alpha value is -2.48. The third-order valence-electron chi connectivity index (χ3n) is 3.31. The zero-order valence-electron chi connectivity index (χ0n) is 15.3. The number of H-pyrrole nitrogens is 4. The van der Waals surface area contributed by atoms with Gasteiger partial charge in [0.2, 0.25) is 11.6 Å². The van der Waals surface area contributed by atoms with Crippen LogP contribution in [0.1, 0.15) is 11.6 Å². The van der Waals surface area contributed by atoms with E-state index in [1.807, 2.05) is 38.1 Å². The normalized spacial score (nSPS) is 11.4. The van der Waals surface area contributed by atoms with E-state index in [0.29, 0.717) is 0 Å². The zero-order valence-corrected chi connectivity index (χ0v) is 17.8. The van der Waals surface area contributed by atoms with Crippen LogP contribution in [0.3, 0.4) is 0 Å². The molecule has 0 amide bonds. The molecule has 4 aromatic rings. The van der Waals surface area contributed by atoms with E-state index in [0.717, 1.165) is 11.6 Å². The Morgan fingerprint density at radius 2 is 1.07 bits per heavy atom. The second kappa shape index (κ2) is 9.35. The summed E-state index contributed by atoms with van der Waals surface area (Å²) in [5, 5.41) is 0. The summed E-state index contributed by atoms with van der Waals surface area (Å²) in [7, 11) is 0. The van der Waals surface area contributed by atoms with Gasteiger partial charge in [0.05, 0.1) is 0 Å². The van der Waals surface area contributed by atoms with E-state index in [4.69, 9.17) is 0 Å². The molecule has 4 rings (SSSR count). The first kappa shape index (κ1) is 22.8. The molecule has 13 heteroatoms. The van der Waals surface area contributed by atoms with Crippen LogP contribution in [0.2, 0.25) is 0 Å². The van der Waals surface area contributed by atoms with E-state index in [2.05, 4.69) is 47.0 Å². The zero-order chi connectivity index (χ0) is 21.7. The van der Waals surface area contributed by atoms with Gasteiger partial charge in [0.25, 0.3) is 0 Å². The first-order valence-electron chi connectivity index (χ1n) is 7.99. The van der Waals surface area contributed by atoms with Crippen molar-refractivity contribution < 1.29 is 63.6 Å². The van der Waals surface area contributed by atoms with Crippen molar-refractivity contribution >= 4 is 22.1 Å². The Balaban J connectivity index is 0.000000156. The Labute approximate surface area is 169 Å². The van der Waals surface area contributed by atoms with Crippen LogP contribution in [-0.4, -0.2) is 9.97 Å². The second-order valence-electron chi connectivity index (χ2n) is 5.73. The third kappa shape index (κ3) is 8.19. The van der Waals surface area contributed by atoms with Gasteiger partial charge in [0.15, 0.2) is 22.1 Å². The number of hydrogen-bond acceptors (Lipinski definition) is 7. The van der Waals surface area contributed by atoms with E-state index in [9.17, 15) is 23.5 Å². The maximum absolute atomic E-state index is 9.38. The molecule has 0 fully saturated rings. The number of nitrogens with one attached hydrogen (secondary N) is 4. The molecule has 0 aliphatic heterocycles. The molecule has 0 aliphatic rings. The van der Waals surface area contributed by atoms with Gasteiger partial charge < -0.3 is 0 Å². The summed E-state index contributed by atoms with van der Waals surface area (Å²) in [6, 6.07) is 16.3. The van der Waals surface area contributed by atoms with Gasteiger partial charge in [-0.15, -0.1) is 0 Å². The molecule has 0 atom stereocenters. The van der Waals surface area contributed by atoms with Crippen molar-refractivity contribution in [1.82, 2.24) is 9.97 Å². The molecular formula is C16H18Cr2N4O7. The summed E-state index contributed by atoms with van der Waals surface area (Å²) >= 11 is -12.1. The van der Waals surface area contributed by atoms with Crippen molar-refractivity contribution in [2.24, 2.45) is 0 Å². The Bertz CT molecular complexity index is 1140. The molecule has 0 saturated heterocycles. The van der Waals surface area contributed by atoms with Crippen molar-refractivity contribution in [1.29, 1.82) is 0 Å². The first-order chi connectivity index (χ1) is 13.4. The number of imidazole rings is 2. The fourth-order valence-electron chi connectivity index (χ4n) is 2.37. The SMILES string of the molecule is Cc1[nH]c2ccccc2[nH+]1.Cc1[nH]c2ccccc2[nH+]1.[O]=[Cr](=[O])([O-])[O][Cr](=[O])(=[O])[O-].